The van der Waals surface area contributed by atoms with Crippen molar-refractivity contribution in [2.75, 3.05) is 11.9 Å². The zero-order valence-electron chi connectivity index (χ0n) is 14.0. The molecular formula is C19H18FN5O. The predicted octanol–water partition coefficient (Wildman–Crippen LogP) is 2.60. The van der Waals surface area contributed by atoms with Gasteiger partial charge < -0.3 is 10.6 Å². The van der Waals surface area contributed by atoms with Gasteiger partial charge in [0.1, 0.15) is 23.7 Å². The zero-order chi connectivity index (χ0) is 18.2. The summed E-state index contributed by atoms with van der Waals surface area (Å²) in [5.41, 5.74) is 2.27. The van der Waals surface area contributed by atoms with E-state index in [2.05, 4.69) is 25.6 Å². The Bertz CT molecular complexity index is 855. The van der Waals surface area contributed by atoms with Crippen molar-refractivity contribution in [1.82, 2.24) is 20.3 Å². The molecule has 0 spiro atoms. The van der Waals surface area contributed by atoms with Gasteiger partial charge in [-0.05, 0) is 41.8 Å². The third-order valence-electron chi connectivity index (χ3n) is 3.74. The molecule has 26 heavy (non-hydrogen) atoms. The molecule has 0 aliphatic heterocycles. The summed E-state index contributed by atoms with van der Waals surface area (Å²) in [5, 5.41) is 5.95. The number of nitrogens with one attached hydrogen (secondary N) is 2. The minimum absolute atomic E-state index is 0.250. The summed E-state index contributed by atoms with van der Waals surface area (Å²) in [4.78, 5) is 24.3. The van der Waals surface area contributed by atoms with E-state index in [0.717, 1.165) is 11.1 Å². The van der Waals surface area contributed by atoms with Crippen LogP contribution < -0.4 is 10.6 Å². The van der Waals surface area contributed by atoms with Crippen molar-refractivity contribution in [3.05, 3.63) is 83.8 Å². The summed E-state index contributed by atoms with van der Waals surface area (Å²) < 4.78 is 12.9. The van der Waals surface area contributed by atoms with Gasteiger partial charge in [-0.3, -0.25) is 9.78 Å². The highest BCUT2D eigenvalue weighted by Crippen LogP contribution is 2.07. The van der Waals surface area contributed by atoms with Gasteiger partial charge in [0.15, 0.2) is 0 Å². The van der Waals surface area contributed by atoms with Crippen LogP contribution >= 0.6 is 0 Å². The van der Waals surface area contributed by atoms with Crippen LogP contribution in [0.25, 0.3) is 0 Å². The molecule has 0 unspecified atom stereocenters. The fraction of sp³-hybridized carbons (Fsp3) is 0.158. The summed E-state index contributed by atoms with van der Waals surface area (Å²) >= 11 is 0. The van der Waals surface area contributed by atoms with E-state index in [-0.39, 0.29) is 11.7 Å². The Balaban J connectivity index is 1.52. The van der Waals surface area contributed by atoms with E-state index in [9.17, 15) is 9.18 Å². The van der Waals surface area contributed by atoms with Gasteiger partial charge in [0.2, 0.25) is 0 Å². The van der Waals surface area contributed by atoms with Gasteiger partial charge in [0.05, 0.1) is 0 Å². The van der Waals surface area contributed by atoms with E-state index in [1.54, 1.807) is 30.6 Å². The lowest BCUT2D eigenvalue weighted by Crippen LogP contribution is -2.24. The molecule has 2 aromatic heterocycles. The molecule has 2 N–H and O–H groups in total. The molecule has 0 atom stereocenters. The minimum atomic E-state index is -0.272. The lowest BCUT2D eigenvalue weighted by molar-refractivity contribution is 0.0946. The van der Waals surface area contributed by atoms with Gasteiger partial charge >= 0.3 is 0 Å². The number of hydrogen-bond donors (Lipinski definition) is 2. The molecule has 0 saturated carbocycles. The van der Waals surface area contributed by atoms with Gasteiger partial charge in [0.25, 0.3) is 5.91 Å². The van der Waals surface area contributed by atoms with Crippen molar-refractivity contribution < 1.29 is 9.18 Å². The Labute approximate surface area is 150 Å². The SMILES string of the molecule is O=C(NCc1ccncc1)c1cc(NCCc2ccc(F)cc2)ncn1. The Morgan fingerprint density at radius 1 is 1.00 bits per heavy atom. The molecule has 0 aliphatic rings. The van der Waals surface area contributed by atoms with Gasteiger partial charge in [-0.2, -0.15) is 0 Å². The number of nitrogens with zero attached hydrogens (tertiary/aromatic N) is 3. The topological polar surface area (TPSA) is 79.8 Å². The first-order valence-electron chi connectivity index (χ1n) is 8.18. The van der Waals surface area contributed by atoms with Crippen molar-refractivity contribution in [3.63, 3.8) is 0 Å². The van der Waals surface area contributed by atoms with Gasteiger partial charge in [-0.25, -0.2) is 14.4 Å². The van der Waals surface area contributed by atoms with E-state index in [1.165, 1.54) is 18.5 Å². The third-order valence-corrected chi connectivity index (χ3v) is 3.74. The number of anilines is 1. The van der Waals surface area contributed by atoms with Crippen LogP contribution in [0.4, 0.5) is 10.2 Å². The van der Waals surface area contributed by atoms with Crippen LogP contribution in [0, 0.1) is 5.82 Å². The molecule has 6 nitrogen and oxygen atoms in total. The average Bonchev–Trinajstić information content (AvgIpc) is 2.69. The second-order valence-corrected chi connectivity index (χ2v) is 5.63. The third kappa shape index (κ3) is 5.07. The summed E-state index contributed by atoms with van der Waals surface area (Å²) in [5.74, 6) is 0.0434. The van der Waals surface area contributed by atoms with E-state index in [0.29, 0.717) is 31.0 Å². The molecule has 0 radical (unpaired) electrons. The maximum Gasteiger partial charge on any atom is 0.270 e. The van der Waals surface area contributed by atoms with Crippen LogP contribution in [-0.2, 0) is 13.0 Å². The van der Waals surface area contributed by atoms with Crippen molar-refractivity contribution in [2.45, 2.75) is 13.0 Å². The van der Waals surface area contributed by atoms with Crippen LogP contribution in [0.5, 0.6) is 0 Å². The number of carbonyl (C=O) groups is 1. The number of amides is 1. The standard InChI is InChI=1S/C19H18FN5O/c20-16-3-1-14(2-4-16)7-10-22-18-11-17(24-13-25-18)19(26)23-12-15-5-8-21-9-6-15/h1-6,8-9,11,13H,7,10,12H2,(H,23,26)(H,22,24,25). The zero-order valence-corrected chi connectivity index (χ0v) is 14.0. The summed E-state index contributed by atoms with van der Waals surface area (Å²) in [6.07, 6.45) is 5.42. The van der Waals surface area contributed by atoms with Gasteiger partial charge in [-0.1, -0.05) is 12.1 Å². The van der Waals surface area contributed by atoms with Crippen molar-refractivity contribution in [2.24, 2.45) is 0 Å². The highest BCUT2D eigenvalue weighted by molar-refractivity contribution is 5.92. The second-order valence-electron chi connectivity index (χ2n) is 5.63. The van der Waals surface area contributed by atoms with E-state index in [4.69, 9.17) is 0 Å². The second kappa shape index (κ2) is 8.66. The fourth-order valence-electron chi connectivity index (χ4n) is 2.34. The normalized spacial score (nSPS) is 10.3. The van der Waals surface area contributed by atoms with Crippen LogP contribution in [0.2, 0.25) is 0 Å². The molecule has 0 fully saturated rings. The van der Waals surface area contributed by atoms with Gasteiger partial charge in [0, 0.05) is 31.5 Å². The molecule has 0 aliphatic carbocycles. The number of benzene rings is 1. The van der Waals surface area contributed by atoms with E-state index in [1.807, 2.05) is 12.1 Å². The number of carbonyl (C=O) groups excluding carboxylic acids is 1. The smallest absolute Gasteiger partial charge is 0.270 e. The van der Waals surface area contributed by atoms with Crippen LogP contribution in [-0.4, -0.2) is 27.4 Å². The number of halogens is 1. The molecular weight excluding hydrogens is 333 g/mol. The quantitative estimate of drug-likeness (QED) is 0.684. The Kier molecular flexibility index (Phi) is 5.82. The molecule has 3 aromatic rings. The average molecular weight is 351 g/mol. The first-order valence-corrected chi connectivity index (χ1v) is 8.18. The number of hydrogen-bond acceptors (Lipinski definition) is 5. The summed E-state index contributed by atoms with van der Waals surface area (Å²) in [7, 11) is 0. The summed E-state index contributed by atoms with van der Waals surface area (Å²) in [6, 6.07) is 11.6. The lowest BCUT2D eigenvalue weighted by atomic mass is 10.1. The molecule has 7 heteroatoms. The van der Waals surface area contributed by atoms with Crippen molar-refractivity contribution >= 4 is 11.7 Å². The minimum Gasteiger partial charge on any atom is -0.370 e. The van der Waals surface area contributed by atoms with Crippen LogP contribution in [0.3, 0.4) is 0 Å². The number of aromatic nitrogens is 3. The highest BCUT2D eigenvalue weighted by atomic mass is 19.1. The maximum absolute atomic E-state index is 12.9. The molecule has 132 valence electrons. The largest absolute Gasteiger partial charge is 0.370 e. The van der Waals surface area contributed by atoms with Crippen LogP contribution in [0.15, 0.2) is 61.2 Å². The predicted molar refractivity (Wildman–Crippen MR) is 96.0 cm³/mol. The van der Waals surface area contributed by atoms with E-state index >= 15 is 0 Å². The molecule has 0 bridgehead atoms. The van der Waals surface area contributed by atoms with Crippen LogP contribution in [0.1, 0.15) is 21.6 Å². The molecule has 1 amide bonds. The fourth-order valence-corrected chi connectivity index (χ4v) is 2.34. The van der Waals surface area contributed by atoms with Crippen molar-refractivity contribution in [3.8, 4) is 0 Å². The molecule has 0 saturated heterocycles. The number of pyridine rings is 1. The molecule has 3 rings (SSSR count). The van der Waals surface area contributed by atoms with Crippen molar-refractivity contribution in [1.29, 1.82) is 0 Å². The van der Waals surface area contributed by atoms with Gasteiger partial charge in [-0.15, -0.1) is 0 Å². The maximum atomic E-state index is 12.9. The number of rotatable bonds is 7. The Morgan fingerprint density at radius 3 is 2.54 bits per heavy atom. The first kappa shape index (κ1) is 17.5. The highest BCUT2D eigenvalue weighted by Gasteiger charge is 2.08. The summed E-state index contributed by atoms with van der Waals surface area (Å²) in [6.45, 7) is 1.01. The lowest BCUT2D eigenvalue weighted by Gasteiger charge is -2.08. The first-order chi connectivity index (χ1) is 12.7. The monoisotopic (exact) mass is 351 g/mol. The molecule has 2 heterocycles. The Morgan fingerprint density at radius 2 is 1.77 bits per heavy atom. The Hall–Kier alpha value is -3.35. The molecule has 1 aromatic carbocycles. The van der Waals surface area contributed by atoms with E-state index < -0.39 is 0 Å².